The van der Waals surface area contributed by atoms with Gasteiger partial charge in [0, 0.05) is 17.6 Å². The highest BCUT2D eigenvalue weighted by atomic mass is 16.1. The highest BCUT2D eigenvalue weighted by Crippen LogP contribution is 2.19. The summed E-state index contributed by atoms with van der Waals surface area (Å²) in [6.45, 7) is 6.71. The fourth-order valence-corrected chi connectivity index (χ4v) is 2.76. The Morgan fingerprint density at radius 3 is 2.48 bits per heavy atom. The van der Waals surface area contributed by atoms with E-state index in [1.54, 1.807) is 0 Å². The number of rotatable bonds is 5. The molecule has 2 aromatic carbocycles. The molecule has 0 spiro atoms. The average molecular weight is 284 g/mol. The molecule has 21 heavy (non-hydrogen) atoms. The van der Waals surface area contributed by atoms with Crippen LogP contribution in [-0.2, 0) is 0 Å². The van der Waals surface area contributed by atoms with E-state index in [-0.39, 0.29) is 11.4 Å². The summed E-state index contributed by atoms with van der Waals surface area (Å²) in [5, 5.41) is 5.30. The van der Waals surface area contributed by atoms with Crippen LogP contribution in [0.1, 0.15) is 37.6 Å². The molecule has 0 saturated heterocycles. The van der Waals surface area contributed by atoms with Crippen molar-refractivity contribution in [3.63, 3.8) is 0 Å². The maximum Gasteiger partial charge on any atom is 0.251 e. The molecule has 0 aromatic heterocycles. The van der Waals surface area contributed by atoms with Gasteiger partial charge in [0.15, 0.2) is 0 Å². The maximum absolute atomic E-state index is 12.5. The summed E-state index contributed by atoms with van der Waals surface area (Å²) in [4.78, 5) is 12.5. The lowest BCUT2D eigenvalue weighted by atomic mass is 9.90. The summed E-state index contributed by atoms with van der Waals surface area (Å²) in [6, 6.07) is 13.8. The number of carbonyl (C=O) groups is 1. The molecule has 0 fully saturated rings. The van der Waals surface area contributed by atoms with Crippen LogP contribution >= 0.6 is 0 Å². The van der Waals surface area contributed by atoms with Crippen LogP contribution in [-0.4, -0.2) is 18.0 Å². The molecule has 2 aromatic rings. The Morgan fingerprint density at radius 2 is 1.86 bits per heavy atom. The molecule has 0 aliphatic carbocycles. The van der Waals surface area contributed by atoms with Gasteiger partial charge in [-0.3, -0.25) is 4.79 Å². The summed E-state index contributed by atoms with van der Waals surface area (Å²) in [6.07, 6.45) is 0.864. The van der Waals surface area contributed by atoms with E-state index in [1.165, 1.54) is 0 Å². The van der Waals surface area contributed by atoms with Crippen molar-refractivity contribution in [3.05, 3.63) is 48.0 Å². The van der Waals surface area contributed by atoms with Gasteiger partial charge in [0.1, 0.15) is 0 Å². The lowest BCUT2D eigenvalue weighted by molar-refractivity contribution is 0.0898. The number of fused-ring (bicyclic) bond motifs is 1. The van der Waals surface area contributed by atoms with Crippen molar-refractivity contribution in [2.75, 3.05) is 6.54 Å². The van der Waals surface area contributed by atoms with Crippen molar-refractivity contribution in [2.45, 2.75) is 32.7 Å². The van der Waals surface area contributed by atoms with Crippen molar-refractivity contribution in [1.29, 1.82) is 0 Å². The minimum absolute atomic E-state index is 0.0608. The number of benzene rings is 2. The van der Waals surface area contributed by atoms with E-state index in [4.69, 9.17) is 5.73 Å². The summed E-state index contributed by atoms with van der Waals surface area (Å²) in [5.41, 5.74) is 6.17. The first-order valence-electron chi connectivity index (χ1n) is 7.45. The monoisotopic (exact) mass is 284 g/mol. The Morgan fingerprint density at radius 1 is 1.19 bits per heavy atom. The molecule has 0 heterocycles. The predicted octanol–water partition coefficient (Wildman–Crippen LogP) is 3.33. The second-order valence-corrected chi connectivity index (χ2v) is 6.38. The van der Waals surface area contributed by atoms with Crippen molar-refractivity contribution in [3.8, 4) is 0 Å². The highest BCUT2D eigenvalue weighted by molar-refractivity contribution is 5.98. The van der Waals surface area contributed by atoms with Crippen molar-refractivity contribution in [1.82, 2.24) is 5.32 Å². The molecule has 1 atom stereocenters. The normalized spacial score (nSPS) is 14.1. The Labute approximate surface area is 126 Å². The Balaban J connectivity index is 2.21. The lowest BCUT2D eigenvalue weighted by Gasteiger charge is -2.31. The van der Waals surface area contributed by atoms with Crippen molar-refractivity contribution < 1.29 is 4.79 Å². The van der Waals surface area contributed by atoms with Crippen LogP contribution in [0.3, 0.4) is 0 Å². The maximum atomic E-state index is 12.5. The Hall–Kier alpha value is -1.87. The first kappa shape index (κ1) is 15.5. The Kier molecular flexibility index (Phi) is 4.63. The molecular formula is C18H24N2O. The van der Waals surface area contributed by atoms with Crippen LogP contribution in [0.5, 0.6) is 0 Å². The number of nitrogens with two attached hydrogens (primary N) is 1. The van der Waals surface area contributed by atoms with E-state index in [1.807, 2.05) is 49.4 Å². The highest BCUT2D eigenvalue weighted by Gasteiger charge is 2.26. The number of hydrogen-bond donors (Lipinski definition) is 2. The zero-order valence-corrected chi connectivity index (χ0v) is 13.0. The van der Waals surface area contributed by atoms with Gasteiger partial charge in [-0.1, -0.05) is 44.2 Å². The van der Waals surface area contributed by atoms with Gasteiger partial charge in [-0.2, -0.15) is 0 Å². The first-order chi connectivity index (χ1) is 9.93. The minimum atomic E-state index is -0.364. The Bertz CT molecular complexity index is 636. The van der Waals surface area contributed by atoms with Crippen LogP contribution in [0.2, 0.25) is 0 Å². The largest absolute Gasteiger partial charge is 0.346 e. The summed E-state index contributed by atoms with van der Waals surface area (Å²) < 4.78 is 0. The fourth-order valence-electron chi connectivity index (χ4n) is 2.76. The van der Waals surface area contributed by atoms with Gasteiger partial charge in [0.05, 0.1) is 0 Å². The summed E-state index contributed by atoms with van der Waals surface area (Å²) in [7, 11) is 0. The third-order valence-corrected chi connectivity index (χ3v) is 3.74. The number of carbonyl (C=O) groups excluding carboxylic acids is 1. The molecule has 3 nitrogen and oxygen atoms in total. The lowest BCUT2D eigenvalue weighted by Crippen LogP contribution is -2.52. The number of amides is 1. The molecule has 0 saturated carbocycles. The molecule has 1 amide bonds. The fraction of sp³-hybridized carbons (Fsp3) is 0.389. The van der Waals surface area contributed by atoms with Crippen LogP contribution < -0.4 is 11.1 Å². The van der Waals surface area contributed by atoms with E-state index in [0.717, 1.165) is 17.2 Å². The molecular weight excluding hydrogens is 260 g/mol. The number of hydrogen-bond acceptors (Lipinski definition) is 2. The van der Waals surface area contributed by atoms with Crippen LogP contribution in [0.15, 0.2) is 42.5 Å². The van der Waals surface area contributed by atoms with Gasteiger partial charge >= 0.3 is 0 Å². The van der Waals surface area contributed by atoms with Gasteiger partial charge in [-0.05, 0) is 42.2 Å². The third kappa shape index (κ3) is 3.82. The van der Waals surface area contributed by atoms with E-state index in [2.05, 4.69) is 19.2 Å². The molecule has 2 rings (SSSR count). The molecule has 3 heteroatoms. The molecule has 0 radical (unpaired) electrons. The van der Waals surface area contributed by atoms with Crippen molar-refractivity contribution in [2.24, 2.45) is 11.7 Å². The zero-order chi connectivity index (χ0) is 15.5. The smallest absolute Gasteiger partial charge is 0.251 e. The SMILES string of the molecule is CC(C)CC(C)(CN)NC(=O)c1ccc2ccccc2c1. The first-order valence-corrected chi connectivity index (χ1v) is 7.45. The molecule has 1 unspecified atom stereocenters. The van der Waals surface area contributed by atoms with E-state index in [9.17, 15) is 4.79 Å². The number of nitrogens with one attached hydrogen (secondary N) is 1. The minimum Gasteiger partial charge on any atom is -0.346 e. The van der Waals surface area contributed by atoms with Crippen LogP contribution in [0.4, 0.5) is 0 Å². The molecule has 0 aliphatic heterocycles. The second-order valence-electron chi connectivity index (χ2n) is 6.38. The van der Waals surface area contributed by atoms with E-state index in [0.29, 0.717) is 18.0 Å². The summed E-state index contributed by atoms with van der Waals surface area (Å²) in [5.74, 6) is 0.421. The molecule has 112 valence electrons. The summed E-state index contributed by atoms with van der Waals surface area (Å²) >= 11 is 0. The third-order valence-electron chi connectivity index (χ3n) is 3.74. The van der Waals surface area contributed by atoms with E-state index < -0.39 is 0 Å². The second kappa shape index (κ2) is 6.27. The van der Waals surface area contributed by atoms with Crippen LogP contribution in [0.25, 0.3) is 10.8 Å². The van der Waals surface area contributed by atoms with E-state index >= 15 is 0 Å². The zero-order valence-electron chi connectivity index (χ0n) is 13.0. The molecule has 0 bridgehead atoms. The van der Waals surface area contributed by atoms with Gasteiger partial charge in [0.25, 0.3) is 5.91 Å². The topological polar surface area (TPSA) is 55.1 Å². The van der Waals surface area contributed by atoms with Gasteiger partial charge in [-0.15, -0.1) is 0 Å². The van der Waals surface area contributed by atoms with Gasteiger partial charge < -0.3 is 11.1 Å². The van der Waals surface area contributed by atoms with Gasteiger partial charge in [-0.25, -0.2) is 0 Å². The standard InChI is InChI=1S/C18H24N2O/c1-13(2)11-18(3,12-19)20-17(21)16-9-8-14-6-4-5-7-15(14)10-16/h4-10,13H,11-12,19H2,1-3H3,(H,20,21). The average Bonchev–Trinajstić information content (AvgIpc) is 2.45. The molecule has 3 N–H and O–H groups in total. The van der Waals surface area contributed by atoms with Gasteiger partial charge in [0.2, 0.25) is 0 Å². The van der Waals surface area contributed by atoms with Crippen molar-refractivity contribution >= 4 is 16.7 Å². The van der Waals surface area contributed by atoms with Crippen LogP contribution in [0, 0.1) is 5.92 Å². The molecule has 0 aliphatic rings. The quantitative estimate of drug-likeness (QED) is 0.885. The predicted molar refractivity (Wildman–Crippen MR) is 88.3 cm³/mol.